The van der Waals surface area contributed by atoms with Crippen LogP contribution in [-0.2, 0) is 12.1 Å². The molecule has 0 saturated carbocycles. The van der Waals surface area contributed by atoms with Crippen molar-refractivity contribution in [1.29, 1.82) is 0 Å². The lowest BCUT2D eigenvalue weighted by atomic mass is 9.93. The molecule has 0 aliphatic heterocycles. The van der Waals surface area contributed by atoms with Gasteiger partial charge in [0, 0.05) is 17.1 Å². The first-order valence-electron chi connectivity index (χ1n) is 6.76. The normalized spacial score (nSPS) is 11.5. The van der Waals surface area contributed by atoms with E-state index >= 15 is 0 Å². The van der Waals surface area contributed by atoms with Gasteiger partial charge in [-0.05, 0) is 49.2 Å². The maximum absolute atomic E-state index is 13.2. The van der Waals surface area contributed by atoms with Gasteiger partial charge in [0.2, 0.25) is 0 Å². The van der Waals surface area contributed by atoms with Crippen LogP contribution >= 0.6 is 11.6 Å². The summed E-state index contributed by atoms with van der Waals surface area (Å²) in [4.78, 5) is 0. The smallest absolute Gasteiger partial charge is 0.124 e. The van der Waals surface area contributed by atoms with Gasteiger partial charge in [-0.3, -0.25) is 0 Å². The fourth-order valence-corrected chi connectivity index (χ4v) is 2.60. The molecule has 2 rings (SSSR count). The fraction of sp³-hybridized carbons (Fsp3) is 0.294. The summed E-state index contributed by atoms with van der Waals surface area (Å²) in [5.41, 5.74) is 1.61. The highest BCUT2D eigenvalue weighted by atomic mass is 35.5. The highest BCUT2D eigenvalue weighted by Crippen LogP contribution is 2.28. The Morgan fingerprint density at radius 3 is 2.62 bits per heavy atom. The third-order valence-electron chi connectivity index (χ3n) is 3.47. The lowest BCUT2D eigenvalue weighted by molar-refractivity contribution is 0.397. The van der Waals surface area contributed by atoms with E-state index in [0.717, 1.165) is 16.9 Å². The molecule has 4 heteroatoms. The predicted octanol–water partition coefficient (Wildman–Crippen LogP) is 4.51. The highest BCUT2D eigenvalue weighted by molar-refractivity contribution is 6.31. The van der Waals surface area contributed by atoms with Crippen molar-refractivity contribution in [2.75, 3.05) is 7.11 Å². The molecule has 112 valence electrons. The van der Waals surface area contributed by atoms with E-state index in [-0.39, 0.29) is 11.4 Å². The second-order valence-corrected chi connectivity index (χ2v) is 5.86. The summed E-state index contributed by atoms with van der Waals surface area (Å²) in [6.07, 6.45) is 0. The van der Waals surface area contributed by atoms with Gasteiger partial charge in [0.25, 0.3) is 0 Å². The first-order valence-corrected chi connectivity index (χ1v) is 7.13. The van der Waals surface area contributed by atoms with E-state index in [4.69, 9.17) is 16.3 Å². The van der Waals surface area contributed by atoms with Gasteiger partial charge in [0.1, 0.15) is 11.6 Å². The molecule has 2 aromatic rings. The van der Waals surface area contributed by atoms with Gasteiger partial charge in [0.05, 0.1) is 7.11 Å². The van der Waals surface area contributed by atoms with Gasteiger partial charge in [-0.15, -0.1) is 0 Å². The molecule has 0 spiro atoms. The fourth-order valence-electron chi connectivity index (χ4n) is 2.20. The number of hydrogen-bond donors (Lipinski definition) is 1. The third kappa shape index (κ3) is 3.96. The van der Waals surface area contributed by atoms with Crippen LogP contribution in [0.4, 0.5) is 4.39 Å². The minimum atomic E-state index is -0.367. The molecule has 0 bridgehead atoms. The first-order chi connectivity index (χ1) is 9.92. The molecule has 0 saturated heterocycles. The van der Waals surface area contributed by atoms with Gasteiger partial charge in [0.15, 0.2) is 0 Å². The topological polar surface area (TPSA) is 21.3 Å². The second kappa shape index (κ2) is 6.46. The standard InChI is InChI=1S/C17H19ClFNO/c1-17(2,15-8-7-13(19)10-16(15)18)20-11-12-5-4-6-14(9-12)21-3/h4-10,20H,11H2,1-3H3. The lowest BCUT2D eigenvalue weighted by Crippen LogP contribution is -2.36. The van der Waals surface area contributed by atoms with E-state index in [0.29, 0.717) is 11.6 Å². The largest absolute Gasteiger partial charge is 0.497 e. The quantitative estimate of drug-likeness (QED) is 0.877. The summed E-state index contributed by atoms with van der Waals surface area (Å²) in [6.45, 7) is 4.70. The van der Waals surface area contributed by atoms with Gasteiger partial charge in [-0.1, -0.05) is 29.8 Å². The Morgan fingerprint density at radius 1 is 1.19 bits per heavy atom. The number of ether oxygens (including phenoxy) is 1. The van der Waals surface area contributed by atoms with Crippen LogP contribution in [-0.4, -0.2) is 7.11 Å². The Bertz CT molecular complexity index is 628. The van der Waals surface area contributed by atoms with Gasteiger partial charge < -0.3 is 10.1 Å². The zero-order chi connectivity index (χ0) is 15.5. The minimum absolute atomic E-state index is 0.327. The summed E-state index contributed by atoms with van der Waals surface area (Å²) < 4.78 is 18.4. The van der Waals surface area contributed by atoms with Crippen LogP contribution in [0.15, 0.2) is 42.5 Å². The van der Waals surface area contributed by atoms with Crippen molar-refractivity contribution in [1.82, 2.24) is 5.32 Å². The Kier molecular flexibility index (Phi) is 4.86. The number of benzene rings is 2. The maximum atomic E-state index is 13.2. The molecule has 0 aliphatic carbocycles. The third-order valence-corrected chi connectivity index (χ3v) is 3.79. The average molecular weight is 308 g/mol. The van der Waals surface area contributed by atoms with Crippen LogP contribution in [0.2, 0.25) is 5.02 Å². The molecule has 2 nitrogen and oxygen atoms in total. The van der Waals surface area contributed by atoms with Crippen LogP contribution in [0.25, 0.3) is 0 Å². The van der Waals surface area contributed by atoms with E-state index in [2.05, 4.69) is 5.32 Å². The maximum Gasteiger partial charge on any atom is 0.124 e. The molecule has 0 atom stereocenters. The van der Waals surface area contributed by atoms with Gasteiger partial charge in [-0.25, -0.2) is 4.39 Å². The minimum Gasteiger partial charge on any atom is -0.497 e. The first kappa shape index (κ1) is 15.8. The molecule has 21 heavy (non-hydrogen) atoms. The Labute approximate surface area is 129 Å². The summed E-state index contributed by atoms with van der Waals surface area (Å²) in [5.74, 6) is 0.499. The Morgan fingerprint density at radius 2 is 1.95 bits per heavy atom. The summed E-state index contributed by atoms with van der Waals surface area (Å²) in [5, 5.41) is 3.87. The zero-order valence-corrected chi connectivity index (χ0v) is 13.2. The lowest BCUT2D eigenvalue weighted by Gasteiger charge is -2.28. The Hall–Kier alpha value is -1.58. The molecule has 2 aromatic carbocycles. The van der Waals surface area contributed by atoms with Crippen LogP contribution in [0.1, 0.15) is 25.0 Å². The van der Waals surface area contributed by atoms with Crippen LogP contribution in [0, 0.1) is 5.82 Å². The summed E-state index contributed by atoms with van der Waals surface area (Å²) >= 11 is 6.14. The molecular formula is C17H19ClFNO. The second-order valence-electron chi connectivity index (χ2n) is 5.45. The van der Waals surface area contributed by atoms with Crippen molar-refractivity contribution in [3.05, 3.63) is 64.4 Å². The number of nitrogens with one attached hydrogen (secondary N) is 1. The summed E-state index contributed by atoms with van der Waals surface area (Å²) in [6, 6.07) is 12.4. The number of methoxy groups -OCH3 is 1. The highest BCUT2D eigenvalue weighted by Gasteiger charge is 2.22. The SMILES string of the molecule is COc1cccc(CNC(C)(C)c2ccc(F)cc2Cl)c1. The number of halogens is 2. The van der Waals surface area contributed by atoms with Crippen molar-refractivity contribution in [3.63, 3.8) is 0 Å². The van der Waals surface area contributed by atoms with Crippen LogP contribution in [0.5, 0.6) is 5.75 Å². The van der Waals surface area contributed by atoms with Gasteiger partial charge in [-0.2, -0.15) is 0 Å². The predicted molar refractivity (Wildman–Crippen MR) is 84.3 cm³/mol. The molecule has 0 radical (unpaired) electrons. The van der Waals surface area contributed by atoms with E-state index in [9.17, 15) is 4.39 Å². The van der Waals surface area contributed by atoms with Crippen molar-refractivity contribution in [2.24, 2.45) is 0 Å². The van der Waals surface area contributed by atoms with E-state index in [1.165, 1.54) is 12.1 Å². The van der Waals surface area contributed by atoms with Gasteiger partial charge >= 0.3 is 0 Å². The molecule has 1 N–H and O–H groups in total. The molecule has 0 aliphatic rings. The molecule has 0 amide bonds. The van der Waals surface area contributed by atoms with E-state index in [1.807, 2.05) is 38.1 Å². The van der Waals surface area contributed by atoms with Crippen molar-refractivity contribution >= 4 is 11.6 Å². The Balaban J connectivity index is 2.13. The monoisotopic (exact) mass is 307 g/mol. The molecule has 0 aromatic heterocycles. The molecule has 0 unspecified atom stereocenters. The van der Waals surface area contributed by atoms with Crippen molar-refractivity contribution in [3.8, 4) is 5.75 Å². The molecule has 0 heterocycles. The number of hydrogen-bond acceptors (Lipinski definition) is 2. The zero-order valence-electron chi connectivity index (χ0n) is 12.4. The van der Waals surface area contributed by atoms with E-state index < -0.39 is 0 Å². The van der Waals surface area contributed by atoms with Crippen molar-refractivity contribution in [2.45, 2.75) is 25.9 Å². The molecule has 0 fully saturated rings. The van der Waals surface area contributed by atoms with Crippen LogP contribution < -0.4 is 10.1 Å². The van der Waals surface area contributed by atoms with E-state index in [1.54, 1.807) is 13.2 Å². The summed E-state index contributed by atoms with van der Waals surface area (Å²) in [7, 11) is 1.65. The average Bonchev–Trinajstić information content (AvgIpc) is 2.45. The number of rotatable bonds is 5. The molecular weight excluding hydrogens is 289 g/mol. The van der Waals surface area contributed by atoms with Crippen LogP contribution in [0.3, 0.4) is 0 Å². The van der Waals surface area contributed by atoms with Crippen molar-refractivity contribution < 1.29 is 9.13 Å².